The van der Waals surface area contributed by atoms with Gasteiger partial charge in [0, 0.05) is 70.4 Å². The number of hydrogen-bond donors (Lipinski definition) is 15. The Kier molecular flexibility index (Phi) is 42.4. The second-order valence-electron chi connectivity index (χ2n) is 32.3. The highest BCUT2D eigenvalue weighted by Crippen LogP contribution is 2.52. The number of nitrogens with zero attached hydrogens (tertiary/aromatic N) is 12. The summed E-state index contributed by atoms with van der Waals surface area (Å²) in [7, 11) is -21.3. The van der Waals surface area contributed by atoms with Gasteiger partial charge in [-0.2, -0.15) is 9.97 Å². The number of phosphoric acid groups is 4. The summed E-state index contributed by atoms with van der Waals surface area (Å²) in [5.74, 6) is -4.85. The van der Waals surface area contributed by atoms with Crippen LogP contribution in [0.15, 0.2) is 206 Å². The van der Waals surface area contributed by atoms with E-state index in [0.29, 0.717) is 35.1 Å². The predicted molar refractivity (Wildman–Crippen MR) is 513 cm³/mol. The Morgan fingerprint density at radius 2 is 0.801 bits per heavy atom. The minimum atomic E-state index is -5.36. The molecule has 0 radical (unpaired) electrons. The molecule has 19 N–H and O–H groups in total. The maximum absolute atomic E-state index is 14.5. The zero-order valence-electron chi connectivity index (χ0n) is 77.9. The van der Waals surface area contributed by atoms with Crippen LogP contribution < -0.4 is 65.4 Å². The van der Waals surface area contributed by atoms with Crippen LogP contribution in [0.5, 0.6) is 0 Å². The summed E-state index contributed by atoms with van der Waals surface area (Å²) < 4.78 is 121. The topological polar surface area (TPSA) is 778 Å². The molecule has 53 nitrogen and oxygen atoms in total. The summed E-state index contributed by atoms with van der Waals surface area (Å²) in [4.78, 5) is 204. The number of aromatic nitrogens is 12. The number of allylic oxidation sites excluding steroid dienone is 2. The number of imidazole rings is 2. The van der Waals surface area contributed by atoms with Gasteiger partial charge in [-0.25, -0.2) is 58.2 Å². The summed E-state index contributed by atoms with van der Waals surface area (Å²) >= 11 is 0. The molecule has 4 fully saturated rings. The molecule has 57 heteroatoms. The van der Waals surface area contributed by atoms with E-state index in [-0.39, 0.29) is 111 Å². The first kappa shape index (κ1) is 115. The lowest BCUT2D eigenvalue weighted by atomic mass is 10.0. The largest absolute Gasteiger partial charge is 0.756 e. The van der Waals surface area contributed by atoms with Crippen molar-refractivity contribution in [3.05, 3.63) is 240 Å². The number of anilines is 4. The van der Waals surface area contributed by atoms with Crippen LogP contribution in [-0.4, -0.2) is 247 Å². The third-order valence-corrected chi connectivity index (χ3v) is 25.0. The molecule has 6 aromatic heterocycles. The molecule has 10 aromatic rings. The van der Waals surface area contributed by atoms with Crippen LogP contribution in [0.25, 0.3) is 22.3 Å². The van der Waals surface area contributed by atoms with Gasteiger partial charge in [-0.05, 0) is 54.2 Å². The van der Waals surface area contributed by atoms with Crippen molar-refractivity contribution in [2.75, 3.05) is 56.0 Å². The molecule has 4 aliphatic rings. The molecular formula is C89H114N20O33P4-2. The number of carbonyl (C=O) groups excluding carboxylic acids is 6. The minimum Gasteiger partial charge on any atom is -0.756 e. The maximum Gasteiger partial charge on any atom is 0.472 e. The summed E-state index contributed by atoms with van der Waals surface area (Å²) in [5, 5.41) is 42.3. The third kappa shape index (κ3) is 32.7. The van der Waals surface area contributed by atoms with Gasteiger partial charge in [0.2, 0.25) is 23.6 Å². The molecule has 10 heterocycles. The fourth-order valence-corrected chi connectivity index (χ4v) is 18.0. The standard InChI is InChI=1S/2C42H50N10O16P2.C2H6O.C2H6.CH4/c2*1-2-3-14-32(53)48-26(17-24-10-6-4-7-11-24)39(55)49-27(18-25-12-8-5-9-13-25)41(56)67-36-30(66-40(35(36)54)52-23-47-34-37(44)45-22-46-38(34)52)21-64-70(61,62)68-28-19-33(51-16-15-31(43)50-42(51)57)65-29(28)20-63-69(58,59)60;1-2-3;1-2;/h2*2,4-13,15-16,22-23,26-30,33,35-36,40,54H,1,3,14,17-21H2,(H,48,53)(H,49,55)(H,61,62)(H2,43,50,57)(H2,44,45,46)(H2,58,59,60);3H,2H2,1H3;1-2H3;1H4/p-2/t2*26-,27-,28?,29+,30+,33+,35-,36?,40+;;;/m00.../s1. The van der Waals surface area contributed by atoms with Crippen LogP contribution in [0.4, 0.5) is 23.3 Å². The van der Waals surface area contributed by atoms with E-state index in [1.807, 2.05) is 13.8 Å². The highest BCUT2D eigenvalue weighted by atomic mass is 31.2. The Morgan fingerprint density at radius 1 is 0.479 bits per heavy atom. The molecule has 790 valence electrons. The number of nitrogens with one attached hydrogen (secondary N) is 4. The zero-order chi connectivity index (χ0) is 105. The molecule has 22 atom stereocenters. The highest BCUT2D eigenvalue weighted by molar-refractivity contribution is 7.47. The van der Waals surface area contributed by atoms with E-state index in [1.54, 1.807) is 140 Å². The average molecular weight is 2120 g/mol. The molecule has 4 amide bonds. The van der Waals surface area contributed by atoms with Crippen molar-refractivity contribution in [1.82, 2.24) is 79.4 Å². The number of aliphatic hydroxyl groups is 3. The Hall–Kier alpha value is -12.6. The normalized spacial score (nSPS) is 22.9. The number of esters is 2. The first-order chi connectivity index (χ1) is 69.2. The number of amides is 4. The Labute approximate surface area is 833 Å². The molecule has 146 heavy (non-hydrogen) atoms. The molecular weight excluding hydrogens is 2000 g/mol. The minimum absolute atomic E-state index is 0. The monoisotopic (exact) mass is 2110 g/mol. The van der Waals surface area contributed by atoms with Crippen molar-refractivity contribution < 1.29 is 147 Å². The quantitative estimate of drug-likeness (QED) is 0.0147. The molecule has 4 aromatic carbocycles. The van der Waals surface area contributed by atoms with Gasteiger partial charge in [0.15, 0.2) is 47.6 Å². The Morgan fingerprint density at radius 3 is 1.12 bits per heavy atom. The number of fused-ring (bicyclic) bond motifs is 2. The van der Waals surface area contributed by atoms with Gasteiger partial charge < -0.3 is 126 Å². The SMILES string of the molecule is C.C=CCCC(=O)N[C@@H](Cc1ccccc1)C(=O)N[C@@H](Cc1ccccc1)C(=O)OC1[C@@H](COP(=O)(O)OC2C[C@H](n3ccc(N)nc3=O)O[C@@H]2COP(=O)([O-])O)O[C@@H](n2cnc3c(N)ncnc32)[C@H]1O.C=CCCC(=O)N[C@@H](Cc1ccccc1)C(=O)N[C@@H](Cc1ccccc1)C(=O)OC1[C@@H](COP(=O)(O)OC2C[C@H](n3ccc(N)nc3=O)O[C@@H]2COP(=O)([O-])O)O[C@@H](n2cnc3c(N)ncnc32)[C@H]1O.CC.CCO. The van der Waals surface area contributed by atoms with Gasteiger partial charge in [-0.15, -0.1) is 13.2 Å². The highest BCUT2D eigenvalue weighted by Gasteiger charge is 2.53. The van der Waals surface area contributed by atoms with Gasteiger partial charge in [0.05, 0.1) is 39.1 Å². The van der Waals surface area contributed by atoms with E-state index in [4.69, 9.17) is 74.6 Å². The molecule has 4 saturated heterocycles. The van der Waals surface area contributed by atoms with Crippen LogP contribution in [0, 0.1) is 0 Å². The van der Waals surface area contributed by atoms with Gasteiger partial charge in [0.1, 0.15) is 121 Å². The number of ether oxygens (including phenoxy) is 6. The van der Waals surface area contributed by atoms with Crippen molar-refractivity contribution in [3.63, 3.8) is 0 Å². The van der Waals surface area contributed by atoms with E-state index in [9.17, 15) is 96.2 Å². The number of benzene rings is 4. The number of rotatable bonds is 44. The Bertz CT molecular complexity index is 6000. The molecule has 0 saturated carbocycles. The van der Waals surface area contributed by atoms with Crippen LogP contribution in [-0.2, 0) is 128 Å². The van der Waals surface area contributed by atoms with Crippen LogP contribution in [0.2, 0.25) is 0 Å². The molecule has 0 spiro atoms. The number of nitrogen functional groups attached to an aromatic ring is 4. The first-order valence-corrected chi connectivity index (χ1v) is 51.0. The van der Waals surface area contributed by atoms with Gasteiger partial charge >= 0.3 is 39.0 Å². The molecule has 4 aliphatic heterocycles. The van der Waals surface area contributed by atoms with E-state index >= 15 is 0 Å². The lowest BCUT2D eigenvalue weighted by molar-refractivity contribution is -0.224. The van der Waals surface area contributed by atoms with Gasteiger partial charge in [0.25, 0.3) is 15.6 Å². The van der Waals surface area contributed by atoms with Crippen LogP contribution in [0.3, 0.4) is 0 Å². The number of carbonyl (C=O) groups is 6. The number of phosphoric ester groups is 4. The number of hydrogen-bond acceptors (Lipinski definition) is 41. The van der Waals surface area contributed by atoms with Crippen molar-refractivity contribution in [2.24, 2.45) is 0 Å². The molecule has 8 unspecified atom stereocenters. The smallest absolute Gasteiger partial charge is 0.472 e. The number of nitrogens with two attached hydrogens (primary N) is 4. The van der Waals surface area contributed by atoms with Gasteiger partial charge in [-0.1, -0.05) is 155 Å². The van der Waals surface area contributed by atoms with Crippen molar-refractivity contribution >= 4 is 112 Å². The van der Waals surface area contributed by atoms with E-state index in [2.05, 4.69) is 83.3 Å². The predicted octanol–water partition coefficient (Wildman–Crippen LogP) is 1.87. The summed E-state index contributed by atoms with van der Waals surface area (Å²) in [6, 6.07) is 32.1. The third-order valence-electron chi connectivity index (χ3n) is 22.1. The second-order valence-corrected chi connectivity index (χ2v) is 37.5. The molecule has 14 rings (SSSR count). The Balaban J connectivity index is 0.000000285. The first-order valence-electron chi connectivity index (χ1n) is 45.0. The van der Waals surface area contributed by atoms with Crippen molar-refractivity contribution in [3.8, 4) is 0 Å². The van der Waals surface area contributed by atoms with Crippen LogP contribution in [0.1, 0.15) is 114 Å². The van der Waals surface area contributed by atoms with E-state index in [1.165, 1.54) is 46.3 Å². The van der Waals surface area contributed by atoms with E-state index < -0.39 is 215 Å². The fourth-order valence-electron chi connectivity index (χ4n) is 15.4. The lowest BCUT2D eigenvalue weighted by Gasteiger charge is -2.27. The molecule has 0 bridgehead atoms. The summed E-state index contributed by atoms with van der Waals surface area (Å²) in [6.07, 6.45) is -11.8. The second kappa shape index (κ2) is 53.7. The summed E-state index contributed by atoms with van der Waals surface area (Å²) in [5.41, 5.74) is 24.4. The number of aliphatic hydroxyl groups excluding tert-OH is 3. The molecule has 0 aliphatic carbocycles. The van der Waals surface area contributed by atoms with Crippen molar-refractivity contribution in [1.29, 1.82) is 0 Å². The lowest BCUT2D eigenvalue weighted by Crippen LogP contribution is -2.54. The zero-order valence-corrected chi connectivity index (χ0v) is 81.5. The van der Waals surface area contributed by atoms with Gasteiger partial charge in [-0.3, -0.25) is 64.7 Å². The summed E-state index contributed by atoms with van der Waals surface area (Å²) in [6.45, 7) is 9.45. The fraction of sp³-hybridized carbons (Fsp3) is 0.416. The maximum atomic E-state index is 14.5. The average Bonchev–Trinajstić information content (AvgIpc) is 1.61. The van der Waals surface area contributed by atoms with Crippen LogP contribution >= 0.6 is 31.3 Å². The van der Waals surface area contributed by atoms with Crippen molar-refractivity contribution in [2.45, 2.75) is 203 Å². The van der Waals surface area contributed by atoms with E-state index in [0.717, 1.165) is 21.8 Å².